The third-order valence-electron chi connectivity index (χ3n) is 2.89. The van der Waals surface area contributed by atoms with Crippen LogP contribution in [0.25, 0.3) is 0 Å². The fourth-order valence-corrected chi connectivity index (χ4v) is 2.32. The zero-order valence-corrected chi connectivity index (χ0v) is 5.92. The van der Waals surface area contributed by atoms with Crippen molar-refractivity contribution in [2.75, 3.05) is 0 Å². The zero-order valence-electron chi connectivity index (χ0n) is 5.92. The normalized spacial score (nSPS) is 46.1. The van der Waals surface area contributed by atoms with E-state index < -0.39 is 0 Å². The molecule has 0 bridgehead atoms. The Morgan fingerprint density at radius 3 is 2.80 bits per heavy atom. The lowest BCUT2D eigenvalue weighted by Crippen LogP contribution is -2.13. The van der Waals surface area contributed by atoms with Gasteiger partial charge < -0.3 is 5.11 Å². The second-order valence-electron chi connectivity index (χ2n) is 3.52. The van der Waals surface area contributed by atoms with Crippen LogP contribution in [-0.2, 0) is 4.79 Å². The molecule has 0 aromatic rings. The van der Waals surface area contributed by atoms with E-state index in [0.29, 0.717) is 24.0 Å². The van der Waals surface area contributed by atoms with Crippen LogP contribution in [0.5, 0.6) is 0 Å². The number of Topliss-reactive ketones (excluding diaryl/α,β-unsaturated/α-hetero) is 1. The molecule has 3 unspecified atom stereocenters. The van der Waals surface area contributed by atoms with Crippen molar-refractivity contribution in [2.24, 2.45) is 11.8 Å². The Morgan fingerprint density at radius 1 is 1.30 bits per heavy atom. The van der Waals surface area contributed by atoms with Gasteiger partial charge in [0.05, 0.1) is 6.10 Å². The summed E-state index contributed by atoms with van der Waals surface area (Å²) in [5, 5.41) is 9.36. The minimum atomic E-state index is -0.170. The highest BCUT2D eigenvalue weighted by molar-refractivity contribution is 5.81. The molecule has 10 heavy (non-hydrogen) atoms. The second-order valence-corrected chi connectivity index (χ2v) is 3.52. The summed E-state index contributed by atoms with van der Waals surface area (Å²) in [5.74, 6) is 1.21. The second kappa shape index (κ2) is 2.06. The van der Waals surface area contributed by atoms with Crippen LogP contribution >= 0.6 is 0 Å². The fourth-order valence-electron chi connectivity index (χ4n) is 2.32. The van der Waals surface area contributed by atoms with Gasteiger partial charge in [0.15, 0.2) is 0 Å². The number of carbonyl (C=O) groups is 1. The molecular formula is C8H12O2. The van der Waals surface area contributed by atoms with Crippen molar-refractivity contribution < 1.29 is 9.90 Å². The predicted octanol–water partition coefficient (Wildman–Crippen LogP) is 0.736. The Hall–Kier alpha value is -0.370. The highest BCUT2D eigenvalue weighted by Gasteiger charge is 2.41. The SMILES string of the molecule is O=C1CC2CCC(O)C2C1. The first-order valence-corrected chi connectivity index (χ1v) is 3.97. The number of aliphatic hydroxyl groups excluding tert-OH is 1. The van der Waals surface area contributed by atoms with E-state index in [1.807, 2.05) is 0 Å². The standard InChI is InChI=1S/C8H12O2/c9-6-3-5-1-2-8(10)7(5)4-6/h5,7-8,10H,1-4H2. The molecule has 2 heteroatoms. The highest BCUT2D eigenvalue weighted by Crippen LogP contribution is 2.42. The van der Waals surface area contributed by atoms with Gasteiger partial charge in [0, 0.05) is 12.8 Å². The molecule has 0 aromatic heterocycles. The first-order valence-electron chi connectivity index (χ1n) is 3.97. The molecule has 2 fully saturated rings. The number of rotatable bonds is 0. The van der Waals surface area contributed by atoms with Gasteiger partial charge in [-0.1, -0.05) is 0 Å². The Labute approximate surface area is 60.2 Å². The van der Waals surface area contributed by atoms with Crippen LogP contribution in [0.2, 0.25) is 0 Å². The predicted molar refractivity (Wildman–Crippen MR) is 36.5 cm³/mol. The van der Waals surface area contributed by atoms with Crippen molar-refractivity contribution in [3.05, 3.63) is 0 Å². The number of hydrogen-bond acceptors (Lipinski definition) is 2. The smallest absolute Gasteiger partial charge is 0.133 e. The fraction of sp³-hybridized carbons (Fsp3) is 0.875. The maximum atomic E-state index is 10.9. The summed E-state index contributed by atoms with van der Waals surface area (Å²) >= 11 is 0. The molecule has 0 amide bonds. The summed E-state index contributed by atoms with van der Waals surface area (Å²) in [7, 11) is 0. The van der Waals surface area contributed by atoms with Crippen molar-refractivity contribution in [1.82, 2.24) is 0 Å². The maximum Gasteiger partial charge on any atom is 0.133 e. The molecule has 2 nitrogen and oxygen atoms in total. The minimum Gasteiger partial charge on any atom is -0.393 e. The molecule has 3 atom stereocenters. The van der Waals surface area contributed by atoms with Gasteiger partial charge in [0.2, 0.25) is 0 Å². The summed E-state index contributed by atoms with van der Waals surface area (Å²) in [6.45, 7) is 0. The number of hydrogen-bond donors (Lipinski definition) is 1. The van der Waals surface area contributed by atoms with E-state index in [1.165, 1.54) is 0 Å². The van der Waals surface area contributed by atoms with E-state index in [9.17, 15) is 9.90 Å². The molecule has 2 aliphatic carbocycles. The van der Waals surface area contributed by atoms with E-state index in [1.54, 1.807) is 0 Å². The monoisotopic (exact) mass is 140 g/mol. The van der Waals surface area contributed by atoms with Crippen LogP contribution in [0, 0.1) is 11.8 Å². The van der Waals surface area contributed by atoms with Crippen LogP contribution in [0.15, 0.2) is 0 Å². The minimum absolute atomic E-state index is 0.170. The van der Waals surface area contributed by atoms with Crippen molar-refractivity contribution >= 4 is 5.78 Å². The topological polar surface area (TPSA) is 37.3 Å². The average molecular weight is 140 g/mol. The number of carbonyl (C=O) groups excluding carboxylic acids is 1. The van der Waals surface area contributed by atoms with Gasteiger partial charge >= 0.3 is 0 Å². The Kier molecular flexibility index (Phi) is 1.31. The molecule has 2 saturated carbocycles. The lowest BCUT2D eigenvalue weighted by molar-refractivity contribution is -0.118. The summed E-state index contributed by atoms with van der Waals surface area (Å²) in [6, 6.07) is 0. The Morgan fingerprint density at radius 2 is 2.10 bits per heavy atom. The molecule has 1 N–H and O–H groups in total. The molecule has 2 rings (SSSR count). The third kappa shape index (κ3) is 0.788. The van der Waals surface area contributed by atoms with Crippen LogP contribution < -0.4 is 0 Å². The van der Waals surface area contributed by atoms with Gasteiger partial charge in [0.25, 0.3) is 0 Å². The average Bonchev–Trinajstić information content (AvgIpc) is 2.35. The number of fused-ring (bicyclic) bond motifs is 1. The molecule has 56 valence electrons. The lowest BCUT2D eigenvalue weighted by atomic mass is 9.99. The van der Waals surface area contributed by atoms with E-state index in [-0.39, 0.29) is 6.10 Å². The van der Waals surface area contributed by atoms with Gasteiger partial charge in [-0.3, -0.25) is 4.79 Å². The summed E-state index contributed by atoms with van der Waals surface area (Å²) in [5.41, 5.74) is 0. The maximum absolute atomic E-state index is 10.9. The van der Waals surface area contributed by atoms with Crippen molar-refractivity contribution in [3.63, 3.8) is 0 Å². The molecule has 0 spiro atoms. The van der Waals surface area contributed by atoms with Crippen molar-refractivity contribution in [3.8, 4) is 0 Å². The van der Waals surface area contributed by atoms with Crippen molar-refractivity contribution in [2.45, 2.75) is 31.8 Å². The number of aliphatic hydroxyl groups is 1. The van der Waals surface area contributed by atoms with E-state index in [4.69, 9.17) is 0 Å². The summed E-state index contributed by atoms with van der Waals surface area (Å²) in [4.78, 5) is 10.9. The van der Waals surface area contributed by atoms with E-state index in [2.05, 4.69) is 0 Å². The lowest BCUT2D eigenvalue weighted by Gasteiger charge is -2.09. The molecule has 0 aromatic carbocycles. The molecule has 0 radical (unpaired) electrons. The van der Waals surface area contributed by atoms with Gasteiger partial charge in [-0.2, -0.15) is 0 Å². The molecule has 0 aliphatic heterocycles. The summed E-state index contributed by atoms with van der Waals surface area (Å²) in [6.07, 6.45) is 3.20. The molecule has 0 saturated heterocycles. The van der Waals surface area contributed by atoms with Gasteiger partial charge in [-0.05, 0) is 24.7 Å². The first-order chi connectivity index (χ1) is 4.77. The van der Waals surface area contributed by atoms with Crippen LogP contribution in [0.1, 0.15) is 25.7 Å². The van der Waals surface area contributed by atoms with E-state index >= 15 is 0 Å². The van der Waals surface area contributed by atoms with Gasteiger partial charge in [-0.25, -0.2) is 0 Å². The summed E-state index contributed by atoms with van der Waals surface area (Å²) < 4.78 is 0. The zero-order chi connectivity index (χ0) is 7.14. The van der Waals surface area contributed by atoms with Crippen LogP contribution in [-0.4, -0.2) is 17.0 Å². The highest BCUT2D eigenvalue weighted by atomic mass is 16.3. The van der Waals surface area contributed by atoms with Gasteiger partial charge in [0.1, 0.15) is 5.78 Å². The van der Waals surface area contributed by atoms with E-state index in [0.717, 1.165) is 19.3 Å². The number of ketones is 1. The Balaban J connectivity index is 2.12. The van der Waals surface area contributed by atoms with Crippen LogP contribution in [0.3, 0.4) is 0 Å². The quantitative estimate of drug-likeness (QED) is 0.538. The third-order valence-corrected chi connectivity index (χ3v) is 2.89. The molecule has 0 heterocycles. The molecular weight excluding hydrogens is 128 g/mol. The van der Waals surface area contributed by atoms with Crippen LogP contribution in [0.4, 0.5) is 0 Å². The largest absolute Gasteiger partial charge is 0.393 e. The van der Waals surface area contributed by atoms with Gasteiger partial charge in [-0.15, -0.1) is 0 Å². The first kappa shape index (κ1) is 6.35. The Bertz CT molecular complexity index is 165. The molecule has 2 aliphatic rings. The van der Waals surface area contributed by atoms with Crippen molar-refractivity contribution in [1.29, 1.82) is 0 Å².